The number of rotatable bonds is 3. The summed E-state index contributed by atoms with van der Waals surface area (Å²) in [5.74, 6) is 0. The van der Waals surface area contributed by atoms with E-state index in [0.717, 1.165) is 6.42 Å². The van der Waals surface area contributed by atoms with Crippen LogP contribution in [0.15, 0.2) is 4.99 Å². The van der Waals surface area contributed by atoms with Crippen LogP contribution in [0.25, 0.3) is 0 Å². The molecule has 0 spiro atoms. The standard InChI is InChI=1S/C5H11N2/c1-2-4-7-5-3-6/h2-3,5-6H2,1H3. The Bertz CT molecular complexity index is 50.0. The van der Waals surface area contributed by atoms with E-state index in [0.29, 0.717) is 13.1 Å². The third-order valence-electron chi connectivity index (χ3n) is 0.511. The summed E-state index contributed by atoms with van der Waals surface area (Å²) >= 11 is 0. The van der Waals surface area contributed by atoms with Crippen LogP contribution in [0.5, 0.6) is 0 Å². The van der Waals surface area contributed by atoms with E-state index < -0.39 is 0 Å². The second-order valence-corrected chi connectivity index (χ2v) is 1.18. The molecular weight excluding hydrogens is 88.1 g/mol. The molecule has 41 valence electrons. The smallest absolute Gasteiger partial charge is 0.0556 e. The van der Waals surface area contributed by atoms with Crippen LogP contribution >= 0.6 is 0 Å². The predicted octanol–water partition coefficient (Wildman–Crippen LogP) is 0.303. The van der Waals surface area contributed by atoms with Gasteiger partial charge in [0, 0.05) is 6.54 Å². The number of aliphatic imine (C=N–C) groups is 1. The van der Waals surface area contributed by atoms with Gasteiger partial charge in [-0.3, -0.25) is 4.99 Å². The molecule has 1 radical (unpaired) electrons. The van der Waals surface area contributed by atoms with E-state index in [2.05, 4.69) is 11.2 Å². The van der Waals surface area contributed by atoms with Crippen molar-refractivity contribution in [3.8, 4) is 0 Å². The molecule has 0 saturated carbocycles. The summed E-state index contributed by atoms with van der Waals surface area (Å²) in [5, 5.41) is 0. The fourth-order valence-corrected chi connectivity index (χ4v) is 0.255. The summed E-state index contributed by atoms with van der Waals surface area (Å²) in [4.78, 5) is 3.83. The van der Waals surface area contributed by atoms with Gasteiger partial charge in [-0.1, -0.05) is 6.92 Å². The van der Waals surface area contributed by atoms with E-state index in [9.17, 15) is 0 Å². The zero-order valence-corrected chi connectivity index (χ0v) is 4.65. The lowest BCUT2D eigenvalue weighted by molar-refractivity contribution is 0.975. The molecular formula is C5H11N2. The van der Waals surface area contributed by atoms with E-state index in [1.807, 2.05) is 6.92 Å². The summed E-state index contributed by atoms with van der Waals surface area (Å²) in [6.07, 6.45) is 3.68. The first-order chi connectivity index (χ1) is 3.41. The molecule has 0 rings (SSSR count). The molecule has 0 aromatic carbocycles. The number of hydrogen-bond donors (Lipinski definition) is 1. The van der Waals surface area contributed by atoms with Gasteiger partial charge in [-0.2, -0.15) is 0 Å². The largest absolute Gasteiger partial charge is 0.329 e. The molecule has 0 heterocycles. The Kier molecular flexibility index (Phi) is 5.33. The molecule has 0 aliphatic heterocycles. The molecule has 2 N–H and O–H groups in total. The first-order valence-electron chi connectivity index (χ1n) is 2.51. The highest BCUT2D eigenvalue weighted by Gasteiger charge is 1.69. The van der Waals surface area contributed by atoms with E-state index in [1.165, 1.54) is 0 Å². The minimum Gasteiger partial charge on any atom is -0.329 e. The quantitative estimate of drug-likeness (QED) is 0.508. The highest BCUT2D eigenvalue weighted by atomic mass is 14.7. The SMILES string of the molecule is CC/[C]=N/CCN. The van der Waals surface area contributed by atoms with Gasteiger partial charge >= 0.3 is 0 Å². The molecule has 0 aromatic rings. The topological polar surface area (TPSA) is 38.4 Å². The van der Waals surface area contributed by atoms with Crippen molar-refractivity contribution >= 4 is 6.21 Å². The Labute approximate surface area is 44.4 Å². The van der Waals surface area contributed by atoms with Crippen molar-refractivity contribution in [3.63, 3.8) is 0 Å². The Hall–Kier alpha value is -0.370. The average molecular weight is 99.2 g/mol. The minimum absolute atomic E-state index is 0.632. The molecule has 0 bridgehead atoms. The van der Waals surface area contributed by atoms with E-state index in [1.54, 1.807) is 0 Å². The normalized spacial score (nSPS) is 10.6. The second kappa shape index (κ2) is 5.63. The fourth-order valence-electron chi connectivity index (χ4n) is 0.255. The van der Waals surface area contributed by atoms with Crippen LogP contribution in [0.1, 0.15) is 13.3 Å². The van der Waals surface area contributed by atoms with Crippen molar-refractivity contribution in [2.24, 2.45) is 10.7 Å². The van der Waals surface area contributed by atoms with E-state index in [-0.39, 0.29) is 0 Å². The molecule has 2 nitrogen and oxygen atoms in total. The zero-order chi connectivity index (χ0) is 5.54. The van der Waals surface area contributed by atoms with Gasteiger partial charge in [-0.25, -0.2) is 0 Å². The lowest BCUT2D eigenvalue weighted by atomic mass is 10.5. The van der Waals surface area contributed by atoms with Crippen LogP contribution in [-0.2, 0) is 0 Å². The second-order valence-electron chi connectivity index (χ2n) is 1.18. The third-order valence-corrected chi connectivity index (χ3v) is 0.511. The maximum absolute atomic E-state index is 5.14. The molecule has 0 atom stereocenters. The Morgan fingerprint density at radius 2 is 2.43 bits per heavy atom. The van der Waals surface area contributed by atoms with Crippen molar-refractivity contribution in [2.45, 2.75) is 13.3 Å². The van der Waals surface area contributed by atoms with Gasteiger partial charge in [-0.05, 0) is 6.42 Å². The monoisotopic (exact) mass is 99.1 g/mol. The van der Waals surface area contributed by atoms with Gasteiger partial charge in [0.1, 0.15) is 0 Å². The number of nitrogens with zero attached hydrogens (tertiary/aromatic N) is 1. The van der Waals surface area contributed by atoms with Gasteiger partial charge in [0.15, 0.2) is 0 Å². The zero-order valence-electron chi connectivity index (χ0n) is 4.65. The summed E-state index contributed by atoms with van der Waals surface area (Å²) < 4.78 is 0. The van der Waals surface area contributed by atoms with Crippen LogP contribution in [0, 0.1) is 0 Å². The Morgan fingerprint density at radius 1 is 1.71 bits per heavy atom. The molecule has 7 heavy (non-hydrogen) atoms. The third kappa shape index (κ3) is 5.63. The fraction of sp³-hybridized carbons (Fsp3) is 0.800. The Morgan fingerprint density at radius 3 is 2.86 bits per heavy atom. The van der Waals surface area contributed by atoms with Crippen molar-refractivity contribution in [2.75, 3.05) is 13.1 Å². The highest BCUT2D eigenvalue weighted by Crippen LogP contribution is 1.67. The first kappa shape index (κ1) is 6.63. The summed E-state index contributed by atoms with van der Waals surface area (Å²) in [7, 11) is 0. The van der Waals surface area contributed by atoms with Crippen molar-refractivity contribution < 1.29 is 0 Å². The Balaban J connectivity index is 2.78. The summed E-state index contributed by atoms with van der Waals surface area (Å²) in [5.41, 5.74) is 5.14. The maximum Gasteiger partial charge on any atom is 0.0556 e. The van der Waals surface area contributed by atoms with Crippen molar-refractivity contribution in [3.05, 3.63) is 0 Å². The lowest BCUT2D eigenvalue weighted by Crippen LogP contribution is -2.01. The maximum atomic E-state index is 5.14. The first-order valence-corrected chi connectivity index (χ1v) is 2.51. The molecule has 0 aliphatic rings. The highest BCUT2D eigenvalue weighted by molar-refractivity contribution is 5.56. The molecule has 0 unspecified atom stereocenters. The molecule has 0 saturated heterocycles. The minimum atomic E-state index is 0.632. The van der Waals surface area contributed by atoms with Gasteiger partial charge in [-0.15, -0.1) is 0 Å². The van der Waals surface area contributed by atoms with Gasteiger partial charge < -0.3 is 5.73 Å². The predicted molar refractivity (Wildman–Crippen MR) is 31.6 cm³/mol. The summed E-state index contributed by atoms with van der Waals surface area (Å²) in [6, 6.07) is 0. The summed E-state index contributed by atoms with van der Waals surface area (Å²) in [6.45, 7) is 3.35. The van der Waals surface area contributed by atoms with Gasteiger partial charge in [0.25, 0.3) is 0 Å². The molecule has 0 aromatic heterocycles. The van der Waals surface area contributed by atoms with Crippen LogP contribution in [-0.4, -0.2) is 19.3 Å². The van der Waals surface area contributed by atoms with Crippen LogP contribution in [0.2, 0.25) is 0 Å². The molecule has 0 fully saturated rings. The lowest BCUT2D eigenvalue weighted by Gasteiger charge is -1.80. The van der Waals surface area contributed by atoms with Crippen LogP contribution in [0.4, 0.5) is 0 Å². The van der Waals surface area contributed by atoms with Crippen LogP contribution in [0.3, 0.4) is 0 Å². The molecule has 0 amide bonds. The average Bonchev–Trinajstić information content (AvgIpc) is 1.69. The number of hydrogen-bond acceptors (Lipinski definition) is 2. The van der Waals surface area contributed by atoms with Crippen LogP contribution < -0.4 is 5.73 Å². The number of nitrogens with two attached hydrogens (primary N) is 1. The van der Waals surface area contributed by atoms with Gasteiger partial charge in [0.05, 0.1) is 12.8 Å². The van der Waals surface area contributed by atoms with E-state index >= 15 is 0 Å². The van der Waals surface area contributed by atoms with E-state index in [4.69, 9.17) is 5.73 Å². The van der Waals surface area contributed by atoms with Crippen molar-refractivity contribution in [1.29, 1.82) is 0 Å². The van der Waals surface area contributed by atoms with Gasteiger partial charge in [0.2, 0.25) is 0 Å². The molecule has 2 heteroatoms. The van der Waals surface area contributed by atoms with Crippen molar-refractivity contribution in [1.82, 2.24) is 0 Å². The molecule has 0 aliphatic carbocycles.